The molecule has 0 aliphatic heterocycles. The Hall–Kier alpha value is -1.53. The molecule has 1 unspecified atom stereocenters. The normalized spacial score (nSPS) is 12.2. The molecule has 0 fully saturated rings. The van der Waals surface area contributed by atoms with Crippen molar-refractivity contribution in [2.24, 2.45) is 0 Å². The van der Waals surface area contributed by atoms with Crippen molar-refractivity contribution < 1.29 is 18.7 Å². The van der Waals surface area contributed by atoms with Crippen LogP contribution in [-0.4, -0.2) is 36.8 Å². The maximum Gasteiger partial charge on any atom is 0.251 e. The van der Waals surface area contributed by atoms with Crippen molar-refractivity contribution in [1.29, 1.82) is 0 Å². The molecule has 3 N–H and O–H groups in total. The van der Waals surface area contributed by atoms with Crippen LogP contribution in [0.15, 0.2) is 18.2 Å². The number of aliphatic hydroxyl groups is 1. The molecule has 1 amide bonds. The van der Waals surface area contributed by atoms with Gasteiger partial charge in [-0.3, -0.25) is 4.79 Å². The van der Waals surface area contributed by atoms with E-state index < -0.39 is 23.6 Å². The Balaban J connectivity index is 2.36. The summed E-state index contributed by atoms with van der Waals surface area (Å²) in [7, 11) is 0. The van der Waals surface area contributed by atoms with Gasteiger partial charge in [0, 0.05) is 31.3 Å². The summed E-state index contributed by atoms with van der Waals surface area (Å²) >= 11 is 0. The standard InChI is InChI=1S/C12H16F2N2O2/c1-8(17)7-15-2-3-16-12(18)9-4-10(13)6-11(14)5-9/h4-6,8,15,17H,2-3,7H2,1H3,(H,16,18). The quantitative estimate of drug-likeness (QED) is 0.657. The van der Waals surface area contributed by atoms with Crippen molar-refractivity contribution in [2.45, 2.75) is 13.0 Å². The Kier molecular flexibility index (Phi) is 5.67. The van der Waals surface area contributed by atoms with Crippen molar-refractivity contribution in [3.8, 4) is 0 Å². The molecule has 1 aromatic carbocycles. The predicted octanol–water partition coefficient (Wildman–Crippen LogP) is 0.665. The first-order valence-corrected chi connectivity index (χ1v) is 5.62. The van der Waals surface area contributed by atoms with Crippen LogP contribution >= 0.6 is 0 Å². The molecule has 1 aromatic rings. The lowest BCUT2D eigenvalue weighted by Crippen LogP contribution is -2.34. The molecule has 1 rings (SSSR count). The number of nitrogens with one attached hydrogen (secondary N) is 2. The zero-order valence-corrected chi connectivity index (χ0v) is 10.0. The smallest absolute Gasteiger partial charge is 0.251 e. The topological polar surface area (TPSA) is 61.4 Å². The predicted molar refractivity (Wildman–Crippen MR) is 63.2 cm³/mol. The van der Waals surface area contributed by atoms with E-state index in [1.165, 1.54) is 0 Å². The average Bonchev–Trinajstić information content (AvgIpc) is 2.26. The first kappa shape index (κ1) is 14.5. The van der Waals surface area contributed by atoms with E-state index >= 15 is 0 Å². The van der Waals surface area contributed by atoms with Crippen LogP contribution in [0.2, 0.25) is 0 Å². The molecular formula is C12H16F2N2O2. The largest absolute Gasteiger partial charge is 0.392 e. The van der Waals surface area contributed by atoms with Crippen LogP contribution in [0.4, 0.5) is 8.78 Å². The summed E-state index contributed by atoms with van der Waals surface area (Å²) in [6.45, 7) is 2.84. The minimum absolute atomic E-state index is 0.0528. The van der Waals surface area contributed by atoms with Crippen LogP contribution in [0.5, 0.6) is 0 Å². The number of carbonyl (C=O) groups is 1. The third-order valence-corrected chi connectivity index (χ3v) is 2.15. The second-order valence-electron chi connectivity index (χ2n) is 3.97. The van der Waals surface area contributed by atoms with E-state index in [1.807, 2.05) is 0 Å². The van der Waals surface area contributed by atoms with Gasteiger partial charge in [-0.05, 0) is 19.1 Å². The zero-order valence-electron chi connectivity index (χ0n) is 10.0. The van der Waals surface area contributed by atoms with Crippen LogP contribution in [0.3, 0.4) is 0 Å². The Morgan fingerprint density at radius 3 is 2.44 bits per heavy atom. The molecule has 100 valence electrons. The third kappa shape index (κ3) is 5.20. The van der Waals surface area contributed by atoms with Gasteiger partial charge in [-0.15, -0.1) is 0 Å². The highest BCUT2D eigenvalue weighted by Gasteiger charge is 2.08. The van der Waals surface area contributed by atoms with E-state index in [0.717, 1.165) is 12.1 Å². The number of hydrogen-bond donors (Lipinski definition) is 3. The van der Waals surface area contributed by atoms with Gasteiger partial charge in [0.1, 0.15) is 11.6 Å². The molecule has 18 heavy (non-hydrogen) atoms. The number of carbonyl (C=O) groups excluding carboxylic acids is 1. The van der Waals surface area contributed by atoms with Gasteiger partial charge in [-0.2, -0.15) is 0 Å². The van der Waals surface area contributed by atoms with Gasteiger partial charge >= 0.3 is 0 Å². The maximum atomic E-state index is 12.9. The number of hydrogen-bond acceptors (Lipinski definition) is 3. The number of benzene rings is 1. The molecule has 0 heterocycles. The lowest BCUT2D eigenvalue weighted by atomic mass is 10.2. The fourth-order valence-corrected chi connectivity index (χ4v) is 1.36. The van der Waals surface area contributed by atoms with Gasteiger partial charge in [0.15, 0.2) is 0 Å². The lowest BCUT2D eigenvalue weighted by molar-refractivity contribution is 0.0952. The molecule has 0 bridgehead atoms. The van der Waals surface area contributed by atoms with E-state index in [0.29, 0.717) is 25.7 Å². The minimum Gasteiger partial charge on any atom is -0.392 e. The SMILES string of the molecule is CC(O)CNCCNC(=O)c1cc(F)cc(F)c1. The fourth-order valence-electron chi connectivity index (χ4n) is 1.36. The van der Waals surface area contributed by atoms with Gasteiger partial charge in [0.25, 0.3) is 5.91 Å². The van der Waals surface area contributed by atoms with Crippen molar-refractivity contribution in [3.63, 3.8) is 0 Å². The second-order valence-corrected chi connectivity index (χ2v) is 3.97. The number of halogens is 2. The average molecular weight is 258 g/mol. The maximum absolute atomic E-state index is 12.9. The summed E-state index contributed by atoms with van der Waals surface area (Å²) < 4.78 is 25.7. The monoisotopic (exact) mass is 258 g/mol. The summed E-state index contributed by atoms with van der Waals surface area (Å²) in [4.78, 5) is 11.5. The Labute approximate surface area is 104 Å². The highest BCUT2D eigenvalue weighted by Crippen LogP contribution is 2.07. The molecule has 0 aliphatic carbocycles. The van der Waals surface area contributed by atoms with Crippen LogP contribution in [-0.2, 0) is 0 Å². The molecule has 0 aromatic heterocycles. The third-order valence-electron chi connectivity index (χ3n) is 2.15. The molecule has 0 spiro atoms. The van der Waals surface area contributed by atoms with Gasteiger partial charge in [0.05, 0.1) is 6.10 Å². The number of aliphatic hydroxyl groups excluding tert-OH is 1. The van der Waals surface area contributed by atoms with Crippen LogP contribution in [0.25, 0.3) is 0 Å². The van der Waals surface area contributed by atoms with Crippen molar-refractivity contribution >= 4 is 5.91 Å². The van der Waals surface area contributed by atoms with Gasteiger partial charge in [-0.1, -0.05) is 0 Å². The highest BCUT2D eigenvalue weighted by atomic mass is 19.1. The fraction of sp³-hybridized carbons (Fsp3) is 0.417. The number of rotatable bonds is 6. The Morgan fingerprint density at radius 1 is 1.28 bits per heavy atom. The van der Waals surface area contributed by atoms with E-state index in [4.69, 9.17) is 5.11 Å². The van der Waals surface area contributed by atoms with E-state index in [-0.39, 0.29) is 5.56 Å². The minimum atomic E-state index is -0.785. The van der Waals surface area contributed by atoms with Crippen molar-refractivity contribution in [3.05, 3.63) is 35.4 Å². The molecule has 6 heteroatoms. The molecule has 0 saturated heterocycles. The van der Waals surface area contributed by atoms with E-state index in [2.05, 4.69) is 10.6 Å². The molecule has 1 atom stereocenters. The molecule has 0 saturated carbocycles. The summed E-state index contributed by atoms with van der Waals surface area (Å²) in [5.41, 5.74) is -0.0528. The van der Waals surface area contributed by atoms with E-state index in [9.17, 15) is 13.6 Å². The number of amides is 1. The van der Waals surface area contributed by atoms with Gasteiger partial charge < -0.3 is 15.7 Å². The zero-order chi connectivity index (χ0) is 13.5. The van der Waals surface area contributed by atoms with E-state index in [1.54, 1.807) is 6.92 Å². The molecule has 4 nitrogen and oxygen atoms in total. The summed E-state index contributed by atoms with van der Waals surface area (Å²) in [5.74, 6) is -2.10. The highest BCUT2D eigenvalue weighted by molar-refractivity contribution is 5.94. The second kappa shape index (κ2) is 7.03. The molecule has 0 aliphatic rings. The van der Waals surface area contributed by atoms with Crippen molar-refractivity contribution in [1.82, 2.24) is 10.6 Å². The first-order valence-electron chi connectivity index (χ1n) is 5.62. The molecule has 0 radical (unpaired) electrons. The van der Waals surface area contributed by atoms with Gasteiger partial charge in [-0.25, -0.2) is 8.78 Å². The van der Waals surface area contributed by atoms with Crippen LogP contribution in [0, 0.1) is 11.6 Å². The first-order chi connectivity index (χ1) is 8.49. The van der Waals surface area contributed by atoms with Crippen LogP contribution in [0.1, 0.15) is 17.3 Å². The van der Waals surface area contributed by atoms with Crippen molar-refractivity contribution in [2.75, 3.05) is 19.6 Å². The lowest BCUT2D eigenvalue weighted by Gasteiger charge is -2.08. The van der Waals surface area contributed by atoms with Gasteiger partial charge in [0.2, 0.25) is 0 Å². The Bertz CT molecular complexity index is 391. The summed E-state index contributed by atoms with van der Waals surface area (Å²) in [5, 5.41) is 14.4. The van der Waals surface area contributed by atoms with Crippen LogP contribution < -0.4 is 10.6 Å². The summed E-state index contributed by atoms with van der Waals surface area (Å²) in [6.07, 6.45) is -0.460. The Morgan fingerprint density at radius 2 is 1.89 bits per heavy atom. The summed E-state index contributed by atoms with van der Waals surface area (Å²) in [6, 6.07) is 2.66. The molecular weight excluding hydrogens is 242 g/mol.